The summed E-state index contributed by atoms with van der Waals surface area (Å²) in [6.07, 6.45) is 2.87. The Kier molecular flexibility index (Phi) is 6.87. The van der Waals surface area contributed by atoms with Crippen LogP contribution in [0, 0.1) is 18.7 Å². The lowest BCUT2D eigenvalue weighted by molar-refractivity contribution is -0.945. The minimum atomic E-state index is -0.323. The Balaban J connectivity index is 1.28. The van der Waals surface area contributed by atoms with E-state index < -0.39 is 0 Å². The van der Waals surface area contributed by atoms with Gasteiger partial charge in [0.15, 0.2) is 6.10 Å². The average molecular weight is 474 g/mol. The van der Waals surface area contributed by atoms with Gasteiger partial charge in [-0.3, -0.25) is 4.90 Å². The van der Waals surface area contributed by atoms with Crippen LogP contribution in [-0.4, -0.2) is 42.9 Å². The number of carbonyl (C=O) groups excluding carboxylic acids is 1. The molecular weight excluding hydrogens is 439 g/mol. The first-order chi connectivity index (χ1) is 17.0. The van der Waals surface area contributed by atoms with E-state index in [1.807, 2.05) is 30.3 Å². The Hall–Kier alpha value is -3.18. The highest BCUT2D eigenvalue weighted by molar-refractivity contribution is 5.87. The zero-order valence-electron chi connectivity index (χ0n) is 20.4. The maximum absolute atomic E-state index is 13.5. The monoisotopic (exact) mass is 473 g/mol. The number of carbonyl (C=O) groups is 1. The number of amides is 1. The molecule has 35 heavy (non-hydrogen) atoms. The van der Waals surface area contributed by atoms with Gasteiger partial charge in [-0.05, 0) is 42.3 Å². The molecule has 5 heteroatoms. The number of rotatable bonds is 7. The van der Waals surface area contributed by atoms with E-state index in [0.29, 0.717) is 12.5 Å². The summed E-state index contributed by atoms with van der Waals surface area (Å²) in [6, 6.07) is 24.7. The topological polar surface area (TPSA) is 29.5 Å². The number of hydrogen-bond acceptors (Lipinski definition) is 2. The molecule has 2 bridgehead atoms. The summed E-state index contributed by atoms with van der Waals surface area (Å²) in [5.41, 5.74) is 4.31. The van der Waals surface area contributed by atoms with E-state index in [-0.39, 0.29) is 18.0 Å². The van der Waals surface area contributed by atoms with E-state index in [9.17, 15) is 9.18 Å². The third-order valence-electron chi connectivity index (χ3n) is 7.83. The SMILES string of the molecule is Cc1ccc(CC[N+]23CCC(CC2)[C@@H](OC(=O)N(Cc2ccc(F)cc2)c2ccccc2)C3)cc1. The second-order valence-corrected chi connectivity index (χ2v) is 10.2. The number of benzene rings is 3. The van der Waals surface area contributed by atoms with Crippen LogP contribution in [0.25, 0.3) is 0 Å². The second-order valence-electron chi connectivity index (χ2n) is 10.2. The van der Waals surface area contributed by atoms with Gasteiger partial charge in [-0.1, -0.05) is 60.2 Å². The predicted octanol–water partition coefficient (Wildman–Crippen LogP) is 6.13. The quantitative estimate of drug-likeness (QED) is 0.387. The van der Waals surface area contributed by atoms with Crippen molar-refractivity contribution in [2.24, 2.45) is 5.92 Å². The molecule has 3 aromatic rings. The summed E-state index contributed by atoms with van der Waals surface area (Å²) in [6.45, 7) is 6.77. The predicted molar refractivity (Wildman–Crippen MR) is 137 cm³/mol. The van der Waals surface area contributed by atoms with Crippen LogP contribution in [0.15, 0.2) is 78.9 Å². The van der Waals surface area contributed by atoms with Gasteiger partial charge in [0.2, 0.25) is 0 Å². The van der Waals surface area contributed by atoms with Crippen molar-refractivity contribution in [3.8, 4) is 0 Å². The van der Waals surface area contributed by atoms with Crippen molar-refractivity contribution in [3.05, 3.63) is 101 Å². The molecule has 4 nitrogen and oxygen atoms in total. The molecule has 1 atom stereocenters. The Morgan fingerprint density at radius 2 is 1.60 bits per heavy atom. The fraction of sp³-hybridized carbons (Fsp3) is 0.367. The number of fused-ring (bicyclic) bond motifs is 3. The summed E-state index contributed by atoms with van der Waals surface area (Å²) in [7, 11) is 0. The van der Waals surface area contributed by atoms with Crippen molar-refractivity contribution in [2.75, 3.05) is 31.1 Å². The van der Waals surface area contributed by atoms with Crippen LogP contribution in [0.5, 0.6) is 0 Å². The number of quaternary nitrogens is 1. The van der Waals surface area contributed by atoms with Gasteiger partial charge in [0.25, 0.3) is 0 Å². The summed E-state index contributed by atoms with van der Waals surface area (Å²) in [5, 5.41) is 0. The van der Waals surface area contributed by atoms with E-state index in [0.717, 1.165) is 48.1 Å². The van der Waals surface area contributed by atoms with Crippen LogP contribution in [-0.2, 0) is 17.7 Å². The van der Waals surface area contributed by atoms with Gasteiger partial charge >= 0.3 is 6.09 Å². The van der Waals surface area contributed by atoms with Crippen LogP contribution >= 0.6 is 0 Å². The molecule has 0 N–H and O–H groups in total. The Labute approximate surface area is 207 Å². The molecule has 3 aromatic carbocycles. The van der Waals surface area contributed by atoms with Crippen molar-refractivity contribution in [1.82, 2.24) is 0 Å². The molecule has 0 saturated carbocycles. The van der Waals surface area contributed by atoms with Crippen LogP contribution in [0.4, 0.5) is 14.9 Å². The molecule has 1 amide bonds. The lowest BCUT2D eigenvalue weighted by atomic mass is 9.83. The van der Waals surface area contributed by atoms with Gasteiger partial charge in [0.1, 0.15) is 12.4 Å². The van der Waals surface area contributed by atoms with Gasteiger partial charge in [-0.15, -0.1) is 0 Å². The van der Waals surface area contributed by atoms with Crippen molar-refractivity contribution in [2.45, 2.75) is 38.8 Å². The zero-order chi connectivity index (χ0) is 24.3. The summed E-state index contributed by atoms with van der Waals surface area (Å²) in [4.78, 5) is 15.2. The molecular formula is C30H34FN2O2+. The number of hydrogen-bond donors (Lipinski definition) is 0. The Morgan fingerprint density at radius 1 is 0.943 bits per heavy atom. The van der Waals surface area contributed by atoms with Gasteiger partial charge in [-0.25, -0.2) is 9.18 Å². The third-order valence-corrected chi connectivity index (χ3v) is 7.83. The number of para-hydroxylation sites is 1. The van der Waals surface area contributed by atoms with Crippen LogP contribution in [0.1, 0.15) is 29.5 Å². The van der Waals surface area contributed by atoms with E-state index >= 15 is 0 Å². The number of nitrogens with zero attached hydrogens (tertiary/aromatic N) is 2. The van der Waals surface area contributed by atoms with E-state index in [1.54, 1.807) is 17.0 Å². The minimum absolute atomic E-state index is 0.0672. The van der Waals surface area contributed by atoms with E-state index in [2.05, 4.69) is 31.2 Å². The lowest BCUT2D eigenvalue weighted by Gasteiger charge is -2.52. The average Bonchev–Trinajstić information content (AvgIpc) is 2.89. The van der Waals surface area contributed by atoms with Crippen molar-refractivity contribution in [1.29, 1.82) is 0 Å². The molecule has 3 saturated heterocycles. The molecule has 3 heterocycles. The van der Waals surface area contributed by atoms with Crippen molar-refractivity contribution >= 4 is 11.8 Å². The molecule has 0 aromatic heterocycles. The summed E-state index contributed by atoms with van der Waals surface area (Å²) < 4.78 is 20.7. The highest BCUT2D eigenvalue weighted by Crippen LogP contribution is 2.36. The second kappa shape index (κ2) is 10.2. The number of halogens is 1. The number of piperidine rings is 3. The largest absolute Gasteiger partial charge is 0.440 e. The molecule has 0 spiro atoms. The first kappa shape index (κ1) is 23.6. The first-order valence-electron chi connectivity index (χ1n) is 12.7. The maximum Gasteiger partial charge on any atom is 0.415 e. The minimum Gasteiger partial charge on any atom is -0.440 e. The van der Waals surface area contributed by atoms with Crippen LogP contribution < -0.4 is 4.90 Å². The highest BCUT2D eigenvalue weighted by atomic mass is 19.1. The highest BCUT2D eigenvalue weighted by Gasteiger charge is 2.47. The Morgan fingerprint density at radius 3 is 2.29 bits per heavy atom. The lowest BCUT2D eigenvalue weighted by Crippen LogP contribution is -2.65. The maximum atomic E-state index is 13.5. The Bertz CT molecular complexity index is 1120. The number of ether oxygens (including phenoxy) is 1. The number of aryl methyl sites for hydroxylation is 1. The van der Waals surface area contributed by atoms with Crippen molar-refractivity contribution in [3.63, 3.8) is 0 Å². The molecule has 3 aliphatic heterocycles. The normalized spacial score (nSPS) is 23.1. The standard InChI is InChI=1S/C30H34FN2O2/c1-23-7-9-24(10-8-23)15-18-33-19-16-26(17-20-33)29(22-33)35-30(34)32(28-5-3-2-4-6-28)21-25-11-13-27(31)14-12-25/h2-14,26,29H,15-22H2,1H3/q+1/t26?,29-,33?/m0/s1. The summed E-state index contributed by atoms with van der Waals surface area (Å²) in [5.74, 6) is 0.149. The van der Waals surface area contributed by atoms with Gasteiger partial charge < -0.3 is 9.22 Å². The molecule has 0 unspecified atom stereocenters. The first-order valence-corrected chi connectivity index (χ1v) is 12.7. The van der Waals surface area contributed by atoms with Gasteiger partial charge in [0, 0.05) is 30.9 Å². The van der Waals surface area contributed by atoms with Gasteiger partial charge in [0.05, 0.1) is 26.2 Å². The molecule has 0 radical (unpaired) electrons. The van der Waals surface area contributed by atoms with Crippen LogP contribution in [0.2, 0.25) is 0 Å². The third kappa shape index (κ3) is 5.57. The van der Waals surface area contributed by atoms with Gasteiger partial charge in [-0.2, -0.15) is 0 Å². The smallest absolute Gasteiger partial charge is 0.415 e. The zero-order valence-corrected chi connectivity index (χ0v) is 20.4. The summed E-state index contributed by atoms with van der Waals surface area (Å²) >= 11 is 0. The number of anilines is 1. The van der Waals surface area contributed by atoms with Crippen molar-refractivity contribution < 1.29 is 18.4 Å². The molecule has 3 fully saturated rings. The van der Waals surface area contributed by atoms with E-state index in [4.69, 9.17) is 4.74 Å². The van der Waals surface area contributed by atoms with E-state index in [1.165, 1.54) is 36.3 Å². The molecule has 182 valence electrons. The fourth-order valence-electron chi connectivity index (χ4n) is 5.62. The molecule has 0 aliphatic carbocycles. The van der Waals surface area contributed by atoms with Crippen LogP contribution in [0.3, 0.4) is 0 Å². The molecule has 3 aliphatic rings. The fourth-order valence-corrected chi connectivity index (χ4v) is 5.62. The molecule has 6 rings (SSSR count).